The van der Waals surface area contributed by atoms with E-state index < -0.39 is 0 Å². The van der Waals surface area contributed by atoms with Crippen LogP contribution >= 0.6 is 0 Å². The van der Waals surface area contributed by atoms with E-state index >= 15 is 0 Å². The molecule has 1 saturated heterocycles. The van der Waals surface area contributed by atoms with Crippen molar-refractivity contribution in [2.24, 2.45) is 0 Å². The maximum absolute atomic E-state index is 14.0. The first-order valence-corrected chi connectivity index (χ1v) is 8.47. The molecule has 0 bridgehead atoms. The number of halogens is 1. The van der Waals surface area contributed by atoms with Gasteiger partial charge in [-0.15, -0.1) is 0 Å². The molecule has 3 aromatic rings. The normalized spacial score (nSPS) is 18.4. The maximum atomic E-state index is 14.0. The van der Waals surface area contributed by atoms with Gasteiger partial charge in [-0.1, -0.05) is 48.5 Å². The van der Waals surface area contributed by atoms with E-state index in [-0.39, 0.29) is 11.9 Å². The lowest BCUT2D eigenvalue weighted by Gasteiger charge is -2.34. The predicted molar refractivity (Wildman–Crippen MR) is 94.4 cm³/mol. The molecule has 1 fully saturated rings. The molecule has 4 nitrogen and oxygen atoms in total. The molecule has 0 amide bonds. The second-order valence-corrected chi connectivity index (χ2v) is 6.20. The fourth-order valence-electron chi connectivity index (χ4n) is 3.19. The summed E-state index contributed by atoms with van der Waals surface area (Å²) in [6.07, 6.45) is 1.85. The van der Waals surface area contributed by atoms with Crippen molar-refractivity contribution in [2.75, 3.05) is 19.8 Å². The van der Waals surface area contributed by atoms with E-state index in [1.807, 2.05) is 48.7 Å². The summed E-state index contributed by atoms with van der Waals surface area (Å²) < 4.78 is 19.7. The summed E-state index contributed by atoms with van der Waals surface area (Å²) in [6.45, 7) is 2.50. The lowest BCUT2D eigenvalue weighted by molar-refractivity contribution is -0.0160. The molecule has 0 aliphatic carbocycles. The second kappa shape index (κ2) is 7.17. The number of morpholine rings is 1. The van der Waals surface area contributed by atoms with Crippen molar-refractivity contribution in [3.8, 4) is 11.3 Å². The Morgan fingerprint density at radius 3 is 2.76 bits per heavy atom. The average Bonchev–Trinajstić information content (AvgIpc) is 3.15. The van der Waals surface area contributed by atoms with Gasteiger partial charge in [0.1, 0.15) is 11.6 Å². The van der Waals surface area contributed by atoms with Crippen molar-refractivity contribution < 1.29 is 9.13 Å². The van der Waals surface area contributed by atoms with Gasteiger partial charge in [0.15, 0.2) is 0 Å². The third-order valence-electron chi connectivity index (χ3n) is 4.57. The molecule has 4 rings (SSSR count). The van der Waals surface area contributed by atoms with Crippen LogP contribution in [-0.2, 0) is 11.3 Å². The van der Waals surface area contributed by atoms with Crippen LogP contribution in [0.4, 0.5) is 4.39 Å². The molecule has 2 heterocycles. The van der Waals surface area contributed by atoms with Gasteiger partial charge in [0, 0.05) is 18.7 Å². The van der Waals surface area contributed by atoms with E-state index in [0.717, 1.165) is 23.6 Å². The number of nitrogens with zero attached hydrogens (tertiary/aromatic N) is 2. The third-order valence-corrected chi connectivity index (χ3v) is 4.57. The van der Waals surface area contributed by atoms with E-state index in [1.165, 1.54) is 6.07 Å². The van der Waals surface area contributed by atoms with E-state index in [9.17, 15) is 4.39 Å². The van der Waals surface area contributed by atoms with Crippen molar-refractivity contribution >= 4 is 0 Å². The summed E-state index contributed by atoms with van der Waals surface area (Å²) in [7, 11) is 0. The zero-order valence-electron chi connectivity index (χ0n) is 13.9. The van der Waals surface area contributed by atoms with Crippen molar-refractivity contribution in [3.05, 3.63) is 78.0 Å². The van der Waals surface area contributed by atoms with Gasteiger partial charge in [0.05, 0.1) is 31.1 Å². The SMILES string of the molecule is Fc1ccccc1CN1CCOCC1c1ncc(-c2ccccc2)[nH]1. The van der Waals surface area contributed by atoms with Crippen LogP contribution in [0.25, 0.3) is 11.3 Å². The summed E-state index contributed by atoms with van der Waals surface area (Å²) in [5.41, 5.74) is 2.77. The Bertz CT molecular complexity index is 834. The number of benzene rings is 2. The Hall–Kier alpha value is -2.50. The second-order valence-electron chi connectivity index (χ2n) is 6.20. The minimum absolute atomic E-state index is 0.00850. The smallest absolute Gasteiger partial charge is 0.127 e. The van der Waals surface area contributed by atoms with Crippen LogP contribution < -0.4 is 0 Å². The van der Waals surface area contributed by atoms with Crippen molar-refractivity contribution in [2.45, 2.75) is 12.6 Å². The number of aromatic nitrogens is 2. The highest BCUT2D eigenvalue weighted by atomic mass is 19.1. The Morgan fingerprint density at radius 1 is 1.12 bits per heavy atom. The molecule has 2 aromatic carbocycles. The van der Waals surface area contributed by atoms with Gasteiger partial charge >= 0.3 is 0 Å². The lowest BCUT2D eigenvalue weighted by atomic mass is 10.1. The molecular weight excluding hydrogens is 317 g/mol. The topological polar surface area (TPSA) is 41.1 Å². The lowest BCUT2D eigenvalue weighted by Crippen LogP contribution is -2.39. The van der Waals surface area contributed by atoms with Crippen LogP contribution in [0.15, 0.2) is 60.8 Å². The summed E-state index contributed by atoms with van der Waals surface area (Å²) >= 11 is 0. The molecule has 0 radical (unpaired) electrons. The Labute approximate surface area is 146 Å². The summed E-state index contributed by atoms with van der Waals surface area (Å²) in [5.74, 6) is 0.687. The molecule has 1 N–H and O–H groups in total. The van der Waals surface area contributed by atoms with Crippen LogP contribution in [-0.4, -0.2) is 34.6 Å². The molecular formula is C20H20FN3O. The summed E-state index contributed by atoms with van der Waals surface area (Å²) in [5, 5.41) is 0. The molecule has 0 saturated carbocycles. The number of ether oxygens (including phenoxy) is 1. The van der Waals surface area contributed by atoms with Crippen molar-refractivity contribution in [1.29, 1.82) is 0 Å². The Morgan fingerprint density at radius 2 is 1.92 bits per heavy atom. The number of nitrogens with one attached hydrogen (secondary N) is 1. The first-order chi connectivity index (χ1) is 12.3. The standard InChI is InChI=1S/C20H20FN3O/c21-17-9-5-4-8-16(17)13-24-10-11-25-14-19(24)20-22-12-18(23-20)15-6-2-1-3-7-15/h1-9,12,19H,10-11,13-14H2,(H,22,23). The average molecular weight is 337 g/mol. The minimum atomic E-state index is -0.169. The summed E-state index contributed by atoms with van der Waals surface area (Å²) in [6, 6.07) is 17.0. The number of hydrogen-bond acceptors (Lipinski definition) is 3. The number of hydrogen-bond donors (Lipinski definition) is 1. The molecule has 1 unspecified atom stereocenters. The highest BCUT2D eigenvalue weighted by Crippen LogP contribution is 2.26. The van der Waals surface area contributed by atoms with Gasteiger partial charge in [0.25, 0.3) is 0 Å². The van der Waals surface area contributed by atoms with Gasteiger partial charge in [-0.25, -0.2) is 9.37 Å². The zero-order chi connectivity index (χ0) is 17.1. The first-order valence-electron chi connectivity index (χ1n) is 8.47. The van der Waals surface area contributed by atoms with E-state index in [1.54, 1.807) is 6.07 Å². The maximum Gasteiger partial charge on any atom is 0.127 e. The molecule has 1 aliphatic heterocycles. The molecule has 25 heavy (non-hydrogen) atoms. The molecule has 5 heteroatoms. The number of H-pyrrole nitrogens is 1. The van der Waals surface area contributed by atoms with Gasteiger partial charge in [0.2, 0.25) is 0 Å². The van der Waals surface area contributed by atoms with Crippen molar-refractivity contribution in [3.63, 3.8) is 0 Å². The van der Waals surface area contributed by atoms with Gasteiger partial charge in [-0.3, -0.25) is 4.90 Å². The fraction of sp³-hybridized carbons (Fsp3) is 0.250. The van der Waals surface area contributed by atoms with Crippen LogP contribution in [0.5, 0.6) is 0 Å². The molecule has 1 aromatic heterocycles. The Balaban J connectivity index is 1.57. The zero-order valence-corrected chi connectivity index (χ0v) is 13.9. The molecule has 128 valence electrons. The molecule has 0 spiro atoms. The monoisotopic (exact) mass is 337 g/mol. The quantitative estimate of drug-likeness (QED) is 0.787. The van der Waals surface area contributed by atoms with Gasteiger partial charge in [-0.2, -0.15) is 0 Å². The van der Waals surface area contributed by atoms with Crippen LogP contribution in [0, 0.1) is 5.82 Å². The van der Waals surface area contributed by atoms with E-state index in [4.69, 9.17) is 4.74 Å². The number of aromatic amines is 1. The predicted octanol–water partition coefficient (Wildman–Crippen LogP) is 3.79. The molecule has 1 aliphatic rings. The van der Waals surface area contributed by atoms with E-state index in [2.05, 4.69) is 14.9 Å². The van der Waals surface area contributed by atoms with Crippen LogP contribution in [0.1, 0.15) is 17.4 Å². The third kappa shape index (κ3) is 3.48. The van der Waals surface area contributed by atoms with Gasteiger partial charge in [-0.05, 0) is 11.6 Å². The van der Waals surface area contributed by atoms with Crippen LogP contribution in [0.2, 0.25) is 0 Å². The minimum Gasteiger partial charge on any atom is -0.378 e. The number of rotatable bonds is 4. The highest BCUT2D eigenvalue weighted by molar-refractivity contribution is 5.58. The van der Waals surface area contributed by atoms with Crippen molar-refractivity contribution in [1.82, 2.24) is 14.9 Å². The van der Waals surface area contributed by atoms with Gasteiger partial charge < -0.3 is 9.72 Å². The number of imidazole rings is 1. The van der Waals surface area contributed by atoms with E-state index in [0.29, 0.717) is 25.3 Å². The van der Waals surface area contributed by atoms with Crippen LogP contribution in [0.3, 0.4) is 0 Å². The fourth-order valence-corrected chi connectivity index (χ4v) is 3.19. The largest absolute Gasteiger partial charge is 0.378 e. The molecule has 1 atom stereocenters. The Kier molecular flexibility index (Phi) is 4.59. The summed E-state index contributed by atoms with van der Waals surface area (Å²) in [4.78, 5) is 10.2. The first kappa shape index (κ1) is 16.0. The highest BCUT2D eigenvalue weighted by Gasteiger charge is 2.27.